The molecule has 0 atom stereocenters. The molecule has 0 N–H and O–H groups in total. The van der Waals surface area contributed by atoms with Gasteiger partial charge in [-0.2, -0.15) is 0 Å². The molecular weight excluding hydrogens is 324 g/mol. The zero-order valence-electron chi connectivity index (χ0n) is 14.9. The Bertz CT molecular complexity index is 987. The average molecular weight is 349 g/mol. The highest BCUT2D eigenvalue weighted by Crippen LogP contribution is 2.33. The van der Waals surface area contributed by atoms with Crippen LogP contribution in [-0.2, 0) is 8.85 Å². The molecule has 0 radical (unpaired) electrons. The molecule has 2 nitrogen and oxygen atoms in total. The van der Waals surface area contributed by atoms with Gasteiger partial charge in [0.05, 0.1) is 0 Å². The third-order valence-corrected chi connectivity index (χ3v) is 6.80. The maximum atomic E-state index is 6.22. The molecule has 0 saturated heterocycles. The maximum absolute atomic E-state index is 6.22. The summed E-state index contributed by atoms with van der Waals surface area (Å²) >= 11 is 0. The molecule has 0 saturated carbocycles. The van der Waals surface area contributed by atoms with Gasteiger partial charge in [-0.3, -0.25) is 0 Å². The summed E-state index contributed by atoms with van der Waals surface area (Å²) in [4.78, 5) is 0. The first-order valence-corrected chi connectivity index (χ1v) is 10.7. The summed E-state index contributed by atoms with van der Waals surface area (Å²) in [6, 6.07) is 19.9. The quantitative estimate of drug-likeness (QED) is 0.351. The molecule has 3 heteroatoms. The summed E-state index contributed by atoms with van der Waals surface area (Å²) in [6.45, 7) is 5.83. The molecule has 0 spiro atoms. The second kappa shape index (κ2) is 7.12. The van der Waals surface area contributed by atoms with Gasteiger partial charge in [-0.1, -0.05) is 68.4 Å². The lowest BCUT2D eigenvalue weighted by molar-refractivity contribution is 0.208. The molecule has 25 heavy (non-hydrogen) atoms. The van der Waals surface area contributed by atoms with E-state index in [4.69, 9.17) is 8.85 Å². The lowest BCUT2D eigenvalue weighted by Gasteiger charge is -2.20. The second-order valence-corrected chi connectivity index (χ2v) is 8.54. The van der Waals surface area contributed by atoms with Crippen LogP contribution in [0.1, 0.15) is 26.7 Å². The van der Waals surface area contributed by atoms with Crippen molar-refractivity contribution in [3.8, 4) is 0 Å². The van der Waals surface area contributed by atoms with Gasteiger partial charge in [0.1, 0.15) is 0 Å². The van der Waals surface area contributed by atoms with E-state index >= 15 is 0 Å². The third-order valence-electron chi connectivity index (χ3n) is 4.74. The van der Waals surface area contributed by atoms with Gasteiger partial charge in [0.25, 0.3) is 0 Å². The van der Waals surface area contributed by atoms with E-state index in [0.29, 0.717) is 0 Å². The van der Waals surface area contributed by atoms with Crippen molar-refractivity contribution in [3.05, 3.63) is 54.6 Å². The smallest absolute Gasteiger partial charge is 0.356 e. The van der Waals surface area contributed by atoms with Gasteiger partial charge in [-0.05, 0) is 50.3 Å². The summed E-state index contributed by atoms with van der Waals surface area (Å²) in [6.07, 6.45) is 2.03. The Labute approximate surface area is 150 Å². The van der Waals surface area contributed by atoms with E-state index < -0.39 is 9.28 Å². The van der Waals surface area contributed by atoms with Crippen molar-refractivity contribution in [3.63, 3.8) is 0 Å². The van der Waals surface area contributed by atoms with E-state index in [0.717, 1.165) is 26.1 Å². The van der Waals surface area contributed by atoms with E-state index in [9.17, 15) is 0 Å². The van der Waals surface area contributed by atoms with Crippen LogP contribution in [0, 0.1) is 0 Å². The van der Waals surface area contributed by atoms with Gasteiger partial charge in [-0.25, -0.2) is 0 Å². The van der Waals surface area contributed by atoms with Crippen LogP contribution in [0.4, 0.5) is 0 Å². The fourth-order valence-electron chi connectivity index (χ4n) is 3.66. The lowest BCUT2D eigenvalue weighted by Crippen LogP contribution is -2.38. The molecule has 128 valence electrons. The number of benzene rings is 4. The molecule has 0 amide bonds. The largest absolute Gasteiger partial charge is 0.393 e. The average Bonchev–Trinajstić information content (AvgIpc) is 2.66. The molecule has 4 aromatic rings. The van der Waals surface area contributed by atoms with E-state index in [1.807, 2.05) is 0 Å². The molecule has 0 heterocycles. The first-order valence-electron chi connectivity index (χ1n) is 9.23. The Morgan fingerprint density at radius 2 is 1.32 bits per heavy atom. The van der Waals surface area contributed by atoms with Crippen molar-refractivity contribution in [2.24, 2.45) is 0 Å². The van der Waals surface area contributed by atoms with Crippen LogP contribution in [0.5, 0.6) is 0 Å². The first-order chi connectivity index (χ1) is 12.3. The Hall–Kier alpha value is -1.94. The predicted octanol–water partition coefficient (Wildman–Crippen LogP) is 4.86. The summed E-state index contributed by atoms with van der Waals surface area (Å²) < 4.78 is 12.4. The van der Waals surface area contributed by atoms with Crippen LogP contribution in [0.25, 0.3) is 32.3 Å². The number of hydrogen-bond donors (Lipinski definition) is 0. The van der Waals surface area contributed by atoms with Gasteiger partial charge >= 0.3 is 9.28 Å². The highest BCUT2D eigenvalue weighted by Gasteiger charge is 2.22. The monoisotopic (exact) mass is 348 g/mol. The van der Waals surface area contributed by atoms with E-state index in [1.54, 1.807) is 0 Å². The van der Waals surface area contributed by atoms with Crippen molar-refractivity contribution >= 4 is 46.8 Å². The highest BCUT2D eigenvalue weighted by molar-refractivity contribution is 6.65. The molecule has 0 aliphatic rings. The van der Waals surface area contributed by atoms with Crippen LogP contribution in [0.15, 0.2) is 54.6 Å². The van der Waals surface area contributed by atoms with Crippen molar-refractivity contribution < 1.29 is 8.85 Å². The molecule has 0 aliphatic carbocycles. The van der Waals surface area contributed by atoms with Crippen molar-refractivity contribution in [1.82, 2.24) is 0 Å². The molecule has 4 rings (SSSR count). The predicted molar refractivity (Wildman–Crippen MR) is 109 cm³/mol. The fraction of sp³-hybridized carbons (Fsp3) is 0.273. The number of rotatable bonds is 7. The summed E-state index contributed by atoms with van der Waals surface area (Å²) in [5.74, 6) is 0. The van der Waals surface area contributed by atoms with E-state index in [1.165, 1.54) is 37.5 Å². The normalized spacial score (nSPS) is 12.1. The zero-order valence-corrected chi connectivity index (χ0v) is 16.1. The van der Waals surface area contributed by atoms with Crippen LogP contribution in [0.3, 0.4) is 0 Å². The van der Waals surface area contributed by atoms with Crippen LogP contribution < -0.4 is 5.19 Å². The van der Waals surface area contributed by atoms with Crippen LogP contribution in [0.2, 0.25) is 0 Å². The summed E-state index contributed by atoms with van der Waals surface area (Å²) in [7, 11) is -1.92. The minimum Gasteiger partial charge on any atom is -0.393 e. The van der Waals surface area contributed by atoms with Gasteiger partial charge in [0.15, 0.2) is 0 Å². The Balaban J connectivity index is 1.98. The van der Waals surface area contributed by atoms with E-state index in [2.05, 4.69) is 68.4 Å². The number of hydrogen-bond acceptors (Lipinski definition) is 2. The SMILES string of the molecule is CCCO[SiH](OCCC)c1cc2cccc3ccc4cccc1c4c32. The summed E-state index contributed by atoms with van der Waals surface area (Å²) in [5.41, 5.74) is 0. The third kappa shape index (κ3) is 2.93. The second-order valence-electron chi connectivity index (χ2n) is 6.59. The van der Waals surface area contributed by atoms with Crippen molar-refractivity contribution in [1.29, 1.82) is 0 Å². The highest BCUT2D eigenvalue weighted by atomic mass is 28.3. The zero-order chi connectivity index (χ0) is 17.2. The van der Waals surface area contributed by atoms with Gasteiger partial charge in [0.2, 0.25) is 0 Å². The molecule has 0 aliphatic heterocycles. The van der Waals surface area contributed by atoms with Crippen LogP contribution in [-0.4, -0.2) is 22.5 Å². The van der Waals surface area contributed by atoms with Gasteiger partial charge in [-0.15, -0.1) is 0 Å². The Morgan fingerprint density at radius 3 is 2.00 bits per heavy atom. The Morgan fingerprint density at radius 1 is 0.720 bits per heavy atom. The first kappa shape index (κ1) is 16.5. The van der Waals surface area contributed by atoms with Crippen LogP contribution >= 0.6 is 0 Å². The molecule has 4 aromatic carbocycles. The minimum atomic E-state index is -1.92. The van der Waals surface area contributed by atoms with E-state index in [-0.39, 0.29) is 0 Å². The Kier molecular flexibility index (Phi) is 4.71. The van der Waals surface area contributed by atoms with Gasteiger partial charge in [0, 0.05) is 13.2 Å². The maximum Gasteiger partial charge on any atom is 0.356 e. The lowest BCUT2D eigenvalue weighted by atomic mass is 9.94. The summed E-state index contributed by atoms with van der Waals surface area (Å²) in [5, 5.41) is 9.17. The minimum absolute atomic E-state index is 0.764. The van der Waals surface area contributed by atoms with Crippen molar-refractivity contribution in [2.45, 2.75) is 26.7 Å². The topological polar surface area (TPSA) is 18.5 Å². The molecule has 0 unspecified atom stereocenters. The standard InChI is InChI=1S/C22H24O2Si/c1-3-13-23-25(24-14-4-2)20-15-18-9-5-7-16-11-12-17-8-6-10-19(20)22(17)21(16)18/h5-12,15,25H,3-4,13-14H2,1-2H3. The molecule has 0 bridgehead atoms. The van der Waals surface area contributed by atoms with Gasteiger partial charge < -0.3 is 8.85 Å². The molecule has 0 fully saturated rings. The van der Waals surface area contributed by atoms with Crippen molar-refractivity contribution in [2.75, 3.05) is 13.2 Å². The fourth-order valence-corrected chi connectivity index (χ4v) is 5.83. The molecular formula is C22H24O2Si. The molecule has 0 aromatic heterocycles.